The molecule has 3 heterocycles. The van der Waals surface area contributed by atoms with Gasteiger partial charge in [-0.2, -0.15) is 0 Å². The number of piperazine rings is 1. The number of hydrogen-bond acceptors (Lipinski definition) is 5. The second kappa shape index (κ2) is 10.7. The van der Waals surface area contributed by atoms with Crippen molar-refractivity contribution in [3.63, 3.8) is 0 Å². The molecule has 9 nitrogen and oxygen atoms in total. The minimum atomic E-state index is -0.740. The second-order valence-corrected chi connectivity index (χ2v) is 9.81. The number of para-hydroxylation sites is 1. The molecule has 1 aromatic carbocycles. The number of unbranched alkanes of at least 4 members (excludes halogenated alkanes) is 1. The Morgan fingerprint density at radius 1 is 0.857 bits per heavy atom. The van der Waals surface area contributed by atoms with Gasteiger partial charge < -0.3 is 24.5 Å². The third kappa shape index (κ3) is 5.13. The summed E-state index contributed by atoms with van der Waals surface area (Å²) in [4.78, 5) is 60.3. The average Bonchev–Trinajstić information content (AvgIpc) is 3.14. The molecule has 0 aromatic heterocycles. The van der Waals surface area contributed by atoms with Gasteiger partial charge >= 0.3 is 0 Å². The monoisotopic (exact) mass is 483 g/mol. The number of nitrogens with zero attached hydrogens (tertiary/aromatic N) is 5. The van der Waals surface area contributed by atoms with Crippen molar-refractivity contribution in [2.24, 2.45) is 0 Å². The molecule has 0 aliphatic carbocycles. The van der Waals surface area contributed by atoms with Crippen LogP contribution in [0.15, 0.2) is 30.3 Å². The van der Waals surface area contributed by atoms with Crippen LogP contribution >= 0.6 is 0 Å². The highest BCUT2D eigenvalue weighted by atomic mass is 16.2. The van der Waals surface area contributed by atoms with E-state index in [0.717, 1.165) is 18.5 Å². The summed E-state index contributed by atoms with van der Waals surface area (Å²) in [5.74, 6) is 0.0680. The van der Waals surface area contributed by atoms with Crippen LogP contribution in [0.3, 0.4) is 0 Å². The van der Waals surface area contributed by atoms with E-state index < -0.39 is 5.54 Å². The number of amides is 4. The van der Waals surface area contributed by atoms with Crippen LogP contribution in [0.2, 0.25) is 0 Å². The highest BCUT2D eigenvalue weighted by Crippen LogP contribution is 2.39. The van der Waals surface area contributed by atoms with E-state index in [-0.39, 0.29) is 30.2 Å². The summed E-state index contributed by atoms with van der Waals surface area (Å²) >= 11 is 0. The van der Waals surface area contributed by atoms with Gasteiger partial charge in [-0.3, -0.25) is 19.2 Å². The molecule has 3 aliphatic heterocycles. The minimum Gasteiger partial charge on any atom is -0.342 e. The number of hydrogen-bond donors (Lipinski definition) is 0. The zero-order valence-corrected chi connectivity index (χ0v) is 20.9. The molecule has 9 heteroatoms. The van der Waals surface area contributed by atoms with E-state index in [1.165, 1.54) is 0 Å². The van der Waals surface area contributed by atoms with Crippen molar-refractivity contribution < 1.29 is 19.2 Å². The van der Waals surface area contributed by atoms with E-state index in [1.54, 1.807) is 21.6 Å². The molecule has 0 radical (unpaired) electrons. The lowest BCUT2D eigenvalue weighted by Gasteiger charge is -2.43. The summed E-state index contributed by atoms with van der Waals surface area (Å²) in [6.07, 6.45) is 3.53. The number of carbonyl (C=O) groups excluding carboxylic acids is 4. The summed E-state index contributed by atoms with van der Waals surface area (Å²) < 4.78 is 0. The summed E-state index contributed by atoms with van der Waals surface area (Å²) in [6.45, 7) is 7.13. The molecule has 3 saturated heterocycles. The summed E-state index contributed by atoms with van der Waals surface area (Å²) in [6, 6.07) is 9.86. The maximum absolute atomic E-state index is 13.8. The molecule has 0 unspecified atom stereocenters. The first-order valence-corrected chi connectivity index (χ1v) is 12.8. The highest BCUT2D eigenvalue weighted by Gasteiger charge is 2.54. The average molecular weight is 484 g/mol. The quantitative estimate of drug-likeness (QED) is 0.613. The standard InChI is InChI=1S/C26H37N5O4/c1-3-4-10-23(33)28-13-11-26(12-14-28)25(35)30(20-31(26)22-8-6-5-7-9-22)19-24(34)29-17-15-27(16-18-29)21(2)32/h5-9H,3-4,10-20H2,1-2H3. The minimum absolute atomic E-state index is 0.0202. The predicted octanol–water partition coefficient (Wildman–Crippen LogP) is 1.53. The Balaban J connectivity index is 1.46. The Morgan fingerprint density at radius 2 is 1.46 bits per heavy atom. The van der Waals surface area contributed by atoms with Gasteiger partial charge in [-0.15, -0.1) is 0 Å². The zero-order valence-electron chi connectivity index (χ0n) is 20.9. The molecular formula is C26H37N5O4. The van der Waals surface area contributed by atoms with Gasteiger partial charge in [0, 0.05) is 58.3 Å². The van der Waals surface area contributed by atoms with Gasteiger partial charge in [0.15, 0.2) is 0 Å². The van der Waals surface area contributed by atoms with E-state index in [2.05, 4.69) is 11.8 Å². The predicted molar refractivity (Wildman–Crippen MR) is 132 cm³/mol. The topological polar surface area (TPSA) is 84.5 Å². The van der Waals surface area contributed by atoms with Crippen LogP contribution in [0, 0.1) is 0 Å². The fourth-order valence-electron chi connectivity index (χ4n) is 5.47. The van der Waals surface area contributed by atoms with Gasteiger partial charge in [0.1, 0.15) is 12.1 Å². The molecule has 4 amide bonds. The molecule has 1 spiro atoms. The van der Waals surface area contributed by atoms with Gasteiger partial charge in [0.05, 0.1) is 6.67 Å². The molecule has 1 aromatic rings. The Labute approximate surface area is 207 Å². The van der Waals surface area contributed by atoms with Gasteiger partial charge in [-0.25, -0.2) is 0 Å². The Hall–Kier alpha value is -3.10. The van der Waals surface area contributed by atoms with Crippen molar-refractivity contribution >= 4 is 29.3 Å². The fourth-order valence-corrected chi connectivity index (χ4v) is 5.47. The molecule has 0 atom stereocenters. The molecule has 190 valence electrons. The molecule has 4 rings (SSSR count). The van der Waals surface area contributed by atoms with Crippen molar-refractivity contribution in [3.8, 4) is 0 Å². The van der Waals surface area contributed by atoms with Crippen LogP contribution < -0.4 is 4.90 Å². The van der Waals surface area contributed by atoms with Gasteiger partial charge in [0.2, 0.25) is 17.7 Å². The van der Waals surface area contributed by atoms with Gasteiger partial charge in [-0.05, 0) is 31.4 Å². The van der Waals surface area contributed by atoms with E-state index in [1.807, 2.05) is 35.2 Å². The van der Waals surface area contributed by atoms with Crippen molar-refractivity contribution in [1.82, 2.24) is 19.6 Å². The lowest BCUT2D eigenvalue weighted by Crippen LogP contribution is -2.57. The number of anilines is 1. The molecule has 0 N–H and O–H groups in total. The SMILES string of the molecule is CCCCC(=O)N1CCC2(CC1)C(=O)N(CC(=O)N1CCN(C(C)=O)CC1)CN2c1ccccc1. The Morgan fingerprint density at radius 3 is 2.06 bits per heavy atom. The van der Waals surface area contributed by atoms with Crippen LogP contribution in [0.1, 0.15) is 46.0 Å². The summed E-state index contributed by atoms with van der Waals surface area (Å²) in [7, 11) is 0. The van der Waals surface area contributed by atoms with E-state index in [4.69, 9.17) is 0 Å². The van der Waals surface area contributed by atoms with Gasteiger partial charge in [-0.1, -0.05) is 31.5 Å². The second-order valence-electron chi connectivity index (χ2n) is 9.81. The van der Waals surface area contributed by atoms with Crippen LogP contribution in [-0.2, 0) is 19.2 Å². The first-order valence-electron chi connectivity index (χ1n) is 12.8. The maximum atomic E-state index is 13.8. The fraction of sp³-hybridized carbons (Fsp3) is 0.615. The van der Waals surface area contributed by atoms with Crippen molar-refractivity contribution in [2.45, 2.75) is 51.5 Å². The molecule has 3 aliphatic rings. The molecular weight excluding hydrogens is 446 g/mol. The molecule has 3 fully saturated rings. The third-order valence-corrected chi connectivity index (χ3v) is 7.67. The first-order chi connectivity index (χ1) is 16.9. The number of rotatable bonds is 6. The maximum Gasteiger partial charge on any atom is 0.250 e. The van der Waals surface area contributed by atoms with Crippen molar-refractivity contribution in [1.29, 1.82) is 0 Å². The number of likely N-dealkylation sites (tertiary alicyclic amines) is 1. The van der Waals surface area contributed by atoms with E-state index in [0.29, 0.717) is 65.2 Å². The van der Waals surface area contributed by atoms with Crippen LogP contribution in [0.5, 0.6) is 0 Å². The molecule has 0 bridgehead atoms. The smallest absolute Gasteiger partial charge is 0.250 e. The van der Waals surface area contributed by atoms with Gasteiger partial charge in [0.25, 0.3) is 5.91 Å². The number of benzene rings is 1. The summed E-state index contributed by atoms with van der Waals surface area (Å²) in [5, 5.41) is 0. The van der Waals surface area contributed by atoms with E-state index >= 15 is 0 Å². The lowest BCUT2D eigenvalue weighted by molar-refractivity contribution is -0.144. The Kier molecular flexibility index (Phi) is 7.62. The normalized spacial score (nSPS) is 20.1. The zero-order chi connectivity index (χ0) is 25.0. The van der Waals surface area contributed by atoms with Crippen LogP contribution in [0.25, 0.3) is 0 Å². The summed E-state index contributed by atoms with van der Waals surface area (Å²) in [5.41, 5.74) is 0.216. The highest BCUT2D eigenvalue weighted by molar-refractivity contribution is 5.96. The Bertz CT molecular complexity index is 936. The largest absolute Gasteiger partial charge is 0.342 e. The van der Waals surface area contributed by atoms with Crippen LogP contribution in [0.4, 0.5) is 5.69 Å². The number of piperidine rings is 1. The van der Waals surface area contributed by atoms with Crippen molar-refractivity contribution in [2.75, 3.05) is 57.4 Å². The van der Waals surface area contributed by atoms with Crippen molar-refractivity contribution in [3.05, 3.63) is 30.3 Å². The van der Waals surface area contributed by atoms with Crippen LogP contribution in [-0.4, -0.2) is 101 Å². The third-order valence-electron chi connectivity index (χ3n) is 7.67. The first kappa shape index (κ1) is 25.0. The number of carbonyl (C=O) groups is 4. The molecule has 35 heavy (non-hydrogen) atoms. The lowest BCUT2D eigenvalue weighted by atomic mass is 9.85. The molecule has 0 saturated carbocycles. The van der Waals surface area contributed by atoms with E-state index in [9.17, 15) is 19.2 Å².